The minimum absolute atomic E-state index is 0.0736. The van der Waals surface area contributed by atoms with Gasteiger partial charge in [-0.3, -0.25) is 4.79 Å². The Labute approximate surface area is 89.9 Å². The molecule has 0 saturated carbocycles. The molecular weight excluding hydrogens is 187 g/mol. The molecule has 0 aromatic carbocycles. The third-order valence-electron chi connectivity index (χ3n) is 2.17. The fourth-order valence-corrected chi connectivity index (χ4v) is 1.22. The molecule has 1 heterocycles. The third kappa shape index (κ3) is 2.15. The van der Waals surface area contributed by atoms with E-state index in [1.807, 2.05) is 0 Å². The summed E-state index contributed by atoms with van der Waals surface area (Å²) < 4.78 is 1.51. The van der Waals surface area contributed by atoms with Crippen LogP contribution in [0.1, 0.15) is 17.1 Å². The summed E-state index contributed by atoms with van der Waals surface area (Å²) in [5.41, 5.74) is 1.07. The first-order chi connectivity index (χ1) is 7.11. The zero-order valence-electron chi connectivity index (χ0n) is 9.03. The van der Waals surface area contributed by atoms with Crippen LogP contribution in [-0.4, -0.2) is 17.4 Å². The molecule has 0 aliphatic rings. The highest BCUT2D eigenvalue weighted by atomic mass is 16.1. The lowest BCUT2D eigenvalue weighted by atomic mass is 10.1. The molecule has 0 N–H and O–H groups in total. The van der Waals surface area contributed by atoms with E-state index in [-0.39, 0.29) is 5.56 Å². The molecule has 0 amide bonds. The second-order valence-corrected chi connectivity index (χ2v) is 3.12. The molecule has 0 aliphatic heterocycles. The first-order valence-corrected chi connectivity index (χ1v) is 4.61. The zero-order chi connectivity index (χ0) is 11.4. The monoisotopic (exact) mass is 200 g/mol. The smallest absolute Gasteiger partial charge is 0.248 e. The molecule has 15 heavy (non-hydrogen) atoms. The van der Waals surface area contributed by atoms with Gasteiger partial charge >= 0.3 is 0 Å². The predicted octanol–water partition coefficient (Wildman–Crippen LogP) is 0.790. The normalized spacial score (nSPS) is 10.5. The van der Waals surface area contributed by atoms with Gasteiger partial charge in [-0.2, -0.15) is 0 Å². The lowest BCUT2D eigenvalue weighted by Crippen LogP contribution is -2.25. The Balaban J connectivity index is 3.54. The van der Waals surface area contributed by atoms with E-state index < -0.39 is 0 Å². The maximum absolute atomic E-state index is 11.9. The van der Waals surface area contributed by atoms with Gasteiger partial charge in [0, 0.05) is 0 Å². The van der Waals surface area contributed by atoms with Crippen molar-refractivity contribution in [2.45, 2.75) is 6.92 Å². The molecule has 0 atom stereocenters. The quantitative estimate of drug-likeness (QED) is 0.534. The Morgan fingerprint density at radius 1 is 1.47 bits per heavy atom. The average Bonchev–Trinajstić information content (AvgIpc) is 2.24. The van der Waals surface area contributed by atoms with Crippen molar-refractivity contribution >= 4 is 20.1 Å². The number of hydrogen-bond donors (Lipinski definition) is 0. The van der Waals surface area contributed by atoms with E-state index in [0.29, 0.717) is 17.1 Å². The van der Waals surface area contributed by atoms with Crippen LogP contribution in [0.5, 0.6) is 0 Å². The van der Waals surface area contributed by atoms with Crippen molar-refractivity contribution in [2.75, 3.05) is 0 Å². The fraction of sp³-hybridized carbons (Fsp3) is 0.0909. The molecule has 1 aromatic rings. The van der Waals surface area contributed by atoms with Gasteiger partial charge in [-0.05, 0) is 19.1 Å². The minimum atomic E-state index is -0.0736. The summed E-state index contributed by atoms with van der Waals surface area (Å²) >= 11 is 0. The van der Waals surface area contributed by atoms with Gasteiger partial charge in [0.2, 0.25) is 13.5 Å². The molecule has 0 spiro atoms. The van der Waals surface area contributed by atoms with Crippen molar-refractivity contribution in [3.63, 3.8) is 0 Å². The number of aryl methyl sites for hydroxylation is 1. The Kier molecular flexibility index (Phi) is 3.44. The van der Waals surface area contributed by atoms with Crippen molar-refractivity contribution in [2.24, 2.45) is 0 Å². The van der Waals surface area contributed by atoms with Crippen LogP contribution in [0.25, 0.3) is 12.2 Å². The fourth-order valence-electron chi connectivity index (χ4n) is 1.22. The highest BCUT2D eigenvalue weighted by molar-refractivity contribution is 6.06. The molecule has 4 heteroatoms. The summed E-state index contributed by atoms with van der Waals surface area (Å²) in [6, 6.07) is 0. The molecule has 0 fully saturated rings. The highest BCUT2D eigenvalue weighted by Crippen LogP contribution is 2.05. The van der Waals surface area contributed by atoms with Gasteiger partial charge in [-0.1, -0.05) is 25.3 Å². The molecule has 0 aliphatic carbocycles. The summed E-state index contributed by atoms with van der Waals surface area (Å²) in [6.07, 6.45) is 6.60. The van der Waals surface area contributed by atoms with Crippen molar-refractivity contribution in [1.29, 1.82) is 0 Å². The second-order valence-electron chi connectivity index (χ2n) is 3.12. The average molecular weight is 200 g/mol. The van der Waals surface area contributed by atoms with Gasteiger partial charge in [0.05, 0.1) is 17.1 Å². The van der Waals surface area contributed by atoms with E-state index in [2.05, 4.69) is 18.1 Å². The number of nitrogens with zero attached hydrogens (tertiary/aromatic N) is 2. The topological polar surface area (TPSA) is 34.9 Å². The van der Waals surface area contributed by atoms with Crippen LogP contribution in [0.4, 0.5) is 0 Å². The van der Waals surface area contributed by atoms with E-state index in [4.69, 9.17) is 0 Å². The summed E-state index contributed by atoms with van der Waals surface area (Å²) in [6.45, 7) is 8.99. The molecular formula is C11H13BN2O. The minimum Gasteiger partial charge on any atom is -0.350 e. The summed E-state index contributed by atoms with van der Waals surface area (Å²) in [4.78, 5) is 16.1. The Bertz CT molecular complexity index is 486. The lowest BCUT2D eigenvalue weighted by molar-refractivity contribution is 0.940. The van der Waals surface area contributed by atoms with Crippen molar-refractivity contribution in [3.05, 3.63) is 52.7 Å². The summed E-state index contributed by atoms with van der Waals surface area (Å²) in [5, 5.41) is 0. The summed E-state index contributed by atoms with van der Waals surface area (Å²) in [5.74, 6) is 0.672. The van der Waals surface area contributed by atoms with Gasteiger partial charge in [-0.25, -0.2) is 4.98 Å². The second kappa shape index (κ2) is 4.60. The van der Waals surface area contributed by atoms with E-state index in [1.54, 1.807) is 39.2 Å². The van der Waals surface area contributed by atoms with Crippen molar-refractivity contribution in [1.82, 2.24) is 9.46 Å². The molecule has 0 radical (unpaired) electrons. The molecule has 0 bridgehead atoms. The molecule has 0 saturated heterocycles. The predicted molar refractivity (Wildman–Crippen MR) is 66.5 cm³/mol. The van der Waals surface area contributed by atoms with Gasteiger partial charge in [-0.15, -0.1) is 0 Å². The SMILES string of the molecule is Bn1c(C)nc(C=C)c(/C=C\C=C)c1=O. The molecule has 3 nitrogen and oxygen atoms in total. The maximum Gasteiger partial charge on any atom is 0.248 e. The molecule has 1 rings (SSSR count). The van der Waals surface area contributed by atoms with Gasteiger partial charge in [0.25, 0.3) is 0 Å². The lowest BCUT2D eigenvalue weighted by Gasteiger charge is -2.07. The van der Waals surface area contributed by atoms with E-state index in [9.17, 15) is 4.79 Å². The van der Waals surface area contributed by atoms with Crippen LogP contribution in [0.3, 0.4) is 0 Å². The van der Waals surface area contributed by atoms with Gasteiger partial charge in [0.1, 0.15) is 0 Å². The van der Waals surface area contributed by atoms with E-state index in [0.717, 1.165) is 0 Å². The number of hydrogen-bond acceptors (Lipinski definition) is 2. The summed E-state index contributed by atoms with van der Waals surface area (Å²) in [7, 11) is 1.70. The largest absolute Gasteiger partial charge is 0.350 e. The number of allylic oxidation sites excluding steroid dienone is 2. The van der Waals surface area contributed by atoms with Crippen molar-refractivity contribution in [3.8, 4) is 0 Å². The first kappa shape index (κ1) is 11.2. The van der Waals surface area contributed by atoms with E-state index >= 15 is 0 Å². The van der Waals surface area contributed by atoms with Gasteiger partial charge < -0.3 is 4.48 Å². The Morgan fingerprint density at radius 3 is 2.67 bits per heavy atom. The van der Waals surface area contributed by atoms with Gasteiger partial charge in [0.15, 0.2) is 0 Å². The third-order valence-corrected chi connectivity index (χ3v) is 2.17. The van der Waals surface area contributed by atoms with Crippen LogP contribution >= 0.6 is 0 Å². The zero-order valence-corrected chi connectivity index (χ0v) is 9.03. The standard InChI is InChI=1S/C11H13BN2O/c1-4-6-7-9-10(5-2)13-8(3)14(12)11(9)15/h4-7H,1-2,12H2,3H3/b7-6-. The van der Waals surface area contributed by atoms with E-state index in [1.165, 1.54) is 4.48 Å². The van der Waals surface area contributed by atoms with Crippen LogP contribution in [0.2, 0.25) is 0 Å². The maximum atomic E-state index is 11.9. The highest BCUT2D eigenvalue weighted by Gasteiger charge is 2.06. The number of rotatable bonds is 3. The van der Waals surface area contributed by atoms with Crippen LogP contribution in [0, 0.1) is 6.92 Å². The molecule has 0 unspecified atom stereocenters. The molecule has 76 valence electrons. The Morgan fingerprint density at radius 2 is 2.13 bits per heavy atom. The Hall–Kier alpha value is -1.84. The van der Waals surface area contributed by atoms with Crippen LogP contribution in [0.15, 0.2) is 30.1 Å². The molecule has 1 aromatic heterocycles. The first-order valence-electron chi connectivity index (χ1n) is 4.61. The van der Waals surface area contributed by atoms with Crippen LogP contribution in [-0.2, 0) is 0 Å². The number of aromatic nitrogens is 2. The van der Waals surface area contributed by atoms with Crippen LogP contribution < -0.4 is 5.56 Å². The van der Waals surface area contributed by atoms with Crippen molar-refractivity contribution < 1.29 is 0 Å².